The zero-order chi connectivity index (χ0) is 11.7. The summed E-state index contributed by atoms with van der Waals surface area (Å²) < 4.78 is 0. The number of H-pyrrole nitrogens is 1. The third kappa shape index (κ3) is 1.93. The number of hydrogen-bond donors (Lipinski definition) is 1. The second-order valence-electron chi connectivity index (χ2n) is 4.69. The van der Waals surface area contributed by atoms with Crippen LogP contribution in [-0.4, -0.2) is 16.7 Å². The molecular formula is C14H17N3. The number of para-hydroxylation sites is 1. The van der Waals surface area contributed by atoms with Gasteiger partial charge in [0.15, 0.2) is 0 Å². The van der Waals surface area contributed by atoms with Crippen LogP contribution in [0.25, 0.3) is 0 Å². The highest BCUT2D eigenvalue weighted by atomic mass is 15.2. The van der Waals surface area contributed by atoms with Crippen molar-refractivity contribution < 1.29 is 0 Å². The van der Waals surface area contributed by atoms with Gasteiger partial charge in [0, 0.05) is 12.2 Å². The molecule has 3 heteroatoms. The van der Waals surface area contributed by atoms with E-state index in [1.54, 1.807) is 0 Å². The molecule has 2 aromatic rings. The molecule has 0 bridgehead atoms. The van der Waals surface area contributed by atoms with Gasteiger partial charge >= 0.3 is 0 Å². The molecule has 0 amide bonds. The van der Waals surface area contributed by atoms with Gasteiger partial charge in [0.25, 0.3) is 0 Å². The van der Waals surface area contributed by atoms with Crippen LogP contribution in [0.15, 0.2) is 30.5 Å². The fraction of sp³-hybridized carbons (Fsp3) is 0.357. The minimum atomic E-state index is 0.933. The molecule has 3 rings (SSSR count). The maximum atomic E-state index is 4.09. The number of rotatable bonds is 2. The molecule has 0 spiro atoms. The first kappa shape index (κ1) is 10.4. The molecule has 1 aromatic heterocycles. The van der Waals surface area contributed by atoms with Crippen molar-refractivity contribution in [2.45, 2.75) is 26.3 Å². The molecule has 17 heavy (non-hydrogen) atoms. The minimum Gasteiger partial charge on any atom is -0.365 e. The molecular weight excluding hydrogens is 210 g/mol. The van der Waals surface area contributed by atoms with E-state index >= 15 is 0 Å². The Morgan fingerprint density at radius 1 is 1.35 bits per heavy atom. The largest absolute Gasteiger partial charge is 0.365 e. The maximum Gasteiger partial charge on any atom is 0.0599 e. The average molecular weight is 227 g/mol. The summed E-state index contributed by atoms with van der Waals surface area (Å²) in [5, 5.41) is 7.18. The van der Waals surface area contributed by atoms with E-state index in [0.717, 1.165) is 13.1 Å². The number of nitrogens with one attached hydrogen (secondary N) is 1. The van der Waals surface area contributed by atoms with Crippen molar-refractivity contribution >= 4 is 5.69 Å². The van der Waals surface area contributed by atoms with E-state index in [1.165, 1.54) is 35.3 Å². The standard InChI is InChI=1S/C14H17N3/c1-11-9-15-16-13(11)10-17-8-4-6-12-5-2-3-7-14(12)17/h2-3,5,7,9H,4,6,8,10H2,1H3,(H,15,16). The van der Waals surface area contributed by atoms with E-state index in [4.69, 9.17) is 0 Å². The molecule has 1 N–H and O–H groups in total. The lowest BCUT2D eigenvalue weighted by Crippen LogP contribution is -2.29. The predicted octanol–water partition coefficient (Wildman–Crippen LogP) is 2.67. The van der Waals surface area contributed by atoms with Crippen LogP contribution in [0.5, 0.6) is 0 Å². The summed E-state index contributed by atoms with van der Waals surface area (Å²) in [6, 6.07) is 8.71. The molecule has 1 aliphatic rings. The number of aryl methyl sites for hydroxylation is 2. The lowest BCUT2D eigenvalue weighted by Gasteiger charge is -2.31. The van der Waals surface area contributed by atoms with Crippen LogP contribution in [0.2, 0.25) is 0 Å². The normalized spacial score (nSPS) is 14.8. The van der Waals surface area contributed by atoms with Crippen LogP contribution in [0, 0.1) is 6.92 Å². The molecule has 1 aromatic carbocycles. The molecule has 0 saturated heterocycles. The van der Waals surface area contributed by atoms with Crippen molar-refractivity contribution in [3.8, 4) is 0 Å². The topological polar surface area (TPSA) is 31.9 Å². The van der Waals surface area contributed by atoms with Gasteiger partial charge in [-0.15, -0.1) is 0 Å². The Bertz CT molecular complexity index is 516. The summed E-state index contributed by atoms with van der Waals surface area (Å²) >= 11 is 0. The van der Waals surface area contributed by atoms with Gasteiger partial charge in [-0.25, -0.2) is 0 Å². The van der Waals surface area contributed by atoms with E-state index < -0.39 is 0 Å². The summed E-state index contributed by atoms with van der Waals surface area (Å²) in [4.78, 5) is 2.44. The Hall–Kier alpha value is -1.77. The van der Waals surface area contributed by atoms with Gasteiger partial charge in [0.1, 0.15) is 0 Å². The number of hydrogen-bond acceptors (Lipinski definition) is 2. The molecule has 0 saturated carbocycles. The summed E-state index contributed by atoms with van der Waals surface area (Å²) in [6.45, 7) is 4.17. The first-order valence-corrected chi connectivity index (χ1v) is 6.16. The molecule has 2 heterocycles. The SMILES string of the molecule is Cc1cn[nH]c1CN1CCCc2ccccc21. The highest BCUT2D eigenvalue weighted by Crippen LogP contribution is 2.27. The second kappa shape index (κ2) is 4.24. The third-order valence-corrected chi connectivity index (χ3v) is 3.49. The average Bonchev–Trinajstić information content (AvgIpc) is 2.76. The van der Waals surface area contributed by atoms with Gasteiger partial charge in [0.05, 0.1) is 18.4 Å². The van der Waals surface area contributed by atoms with Crippen molar-refractivity contribution in [3.05, 3.63) is 47.3 Å². The van der Waals surface area contributed by atoms with Gasteiger partial charge < -0.3 is 4.90 Å². The van der Waals surface area contributed by atoms with E-state index in [2.05, 4.69) is 46.3 Å². The van der Waals surface area contributed by atoms with Crippen molar-refractivity contribution in [1.29, 1.82) is 0 Å². The van der Waals surface area contributed by atoms with Crippen LogP contribution in [0.3, 0.4) is 0 Å². The zero-order valence-corrected chi connectivity index (χ0v) is 10.1. The molecule has 0 atom stereocenters. The van der Waals surface area contributed by atoms with Crippen LogP contribution in [-0.2, 0) is 13.0 Å². The molecule has 0 fully saturated rings. The van der Waals surface area contributed by atoms with Gasteiger partial charge in [-0.05, 0) is 37.0 Å². The van der Waals surface area contributed by atoms with Gasteiger partial charge in [-0.2, -0.15) is 5.10 Å². The number of nitrogens with zero attached hydrogens (tertiary/aromatic N) is 2. The van der Waals surface area contributed by atoms with Crippen molar-refractivity contribution in [2.75, 3.05) is 11.4 Å². The Labute approximate surface area is 101 Å². The van der Waals surface area contributed by atoms with E-state index in [9.17, 15) is 0 Å². The first-order valence-electron chi connectivity index (χ1n) is 6.16. The molecule has 0 aliphatic carbocycles. The Kier molecular flexibility index (Phi) is 2.59. The summed E-state index contributed by atoms with van der Waals surface area (Å²) in [6.07, 6.45) is 4.34. The molecule has 0 radical (unpaired) electrons. The number of aromatic nitrogens is 2. The second-order valence-corrected chi connectivity index (χ2v) is 4.69. The van der Waals surface area contributed by atoms with E-state index in [0.29, 0.717) is 0 Å². The maximum absolute atomic E-state index is 4.09. The first-order chi connectivity index (χ1) is 8.34. The highest BCUT2D eigenvalue weighted by Gasteiger charge is 2.17. The summed E-state index contributed by atoms with van der Waals surface area (Å²) in [5.74, 6) is 0. The van der Waals surface area contributed by atoms with Crippen molar-refractivity contribution in [1.82, 2.24) is 10.2 Å². The van der Waals surface area contributed by atoms with Gasteiger partial charge in [-0.3, -0.25) is 5.10 Å². The number of fused-ring (bicyclic) bond motifs is 1. The van der Waals surface area contributed by atoms with E-state index in [-0.39, 0.29) is 0 Å². The van der Waals surface area contributed by atoms with Crippen LogP contribution in [0.4, 0.5) is 5.69 Å². The fourth-order valence-electron chi connectivity index (χ4n) is 2.50. The van der Waals surface area contributed by atoms with Crippen molar-refractivity contribution in [3.63, 3.8) is 0 Å². The Balaban J connectivity index is 1.88. The quantitative estimate of drug-likeness (QED) is 0.855. The number of anilines is 1. The number of benzene rings is 1. The summed E-state index contributed by atoms with van der Waals surface area (Å²) in [7, 11) is 0. The molecule has 3 nitrogen and oxygen atoms in total. The van der Waals surface area contributed by atoms with Crippen LogP contribution in [0.1, 0.15) is 23.2 Å². The fourth-order valence-corrected chi connectivity index (χ4v) is 2.50. The zero-order valence-electron chi connectivity index (χ0n) is 10.1. The Morgan fingerprint density at radius 2 is 2.24 bits per heavy atom. The van der Waals surface area contributed by atoms with Gasteiger partial charge in [-0.1, -0.05) is 18.2 Å². The molecule has 88 valence electrons. The number of aromatic amines is 1. The lowest BCUT2D eigenvalue weighted by molar-refractivity contribution is 0.681. The van der Waals surface area contributed by atoms with Gasteiger partial charge in [0.2, 0.25) is 0 Å². The lowest BCUT2D eigenvalue weighted by atomic mass is 10.0. The van der Waals surface area contributed by atoms with Crippen LogP contribution >= 0.6 is 0 Å². The van der Waals surface area contributed by atoms with Crippen LogP contribution < -0.4 is 4.90 Å². The Morgan fingerprint density at radius 3 is 3.06 bits per heavy atom. The predicted molar refractivity (Wildman–Crippen MR) is 69.1 cm³/mol. The monoisotopic (exact) mass is 227 g/mol. The summed E-state index contributed by atoms with van der Waals surface area (Å²) in [5.41, 5.74) is 5.32. The third-order valence-electron chi connectivity index (χ3n) is 3.49. The van der Waals surface area contributed by atoms with Crippen molar-refractivity contribution in [2.24, 2.45) is 0 Å². The molecule has 1 aliphatic heterocycles. The smallest absolute Gasteiger partial charge is 0.0599 e. The minimum absolute atomic E-state index is 0.933. The van der Waals surface area contributed by atoms with E-state index in [1.807, 2.05) is 6.20 Å². The molecule has 0 unspecified atom stereocenters. The highest BCUT2D eigenvalue weighted by molar-refractivity contribution is 5.55.